The number of hydrogen-bond acceptors (Lipinski definition) is 3. The number of aryl methyl sites for hydroxylation is 2. The molecule has 1 atom stereocenters. The molecule has 0 aliphatic carbocycles. The van der Waals surface area contributed by atoms with Crippen molar-refractivity contribution in [2.24, 2.45) is 0 Å². The van der Waals surface area contributed by atoms with Crippen molar-refractivity contribution in [3.05, 3.63) is 23.5 Å². The molecule has 0 saturated carbocycles. The second kappa shape index (κ2) is 5.69. The largest absolute Gasteiger partial charge is 0.313 e. The second-order valence-corrected chi connectivity index (χ2v) is 5.41. The van der Waals surface area contributed by atoms with Crippen LogP contribution in [0.2, 0.25) is 0 Å². The minimum atomic E-state index is -0.451. The Hall–Kier alpha value is -1.78. The summed E-state index contributed by atoms with van der Waals surface area (Å²) in [5.41, 5.74) is 5.24. The first-order valence-corrected chi connectivity index (χ1v) is 7.27. The highest BCUT2D eigenvalue weighted by Crippen LogP contribution is 2.21. The predicted octanol–water partition coefficient (Wildman–Crippen LogP) is 1.96. The molecule has 5 nitrogen and oxygen atoms in total. The van der Waals surface area contributed by atoms with Crippen LogP contribution in [0.1, 0.15) is 44.5 Å². The third-order valence-electron chi connectivity index (χ3n) is 4.05. The van der Waals surface area contributed by atoms with E-state index in [2.05, 4.69) is 5.43 Å². The molecule has 0 aromatic carbocycles. The molecule has 0 bridgehead atoms. The Bertz CT molecular complexity index is 498. The Labute approximate surface area is 119 Å². The summed E-state index contributed by atoms with van der Waals surface area (Å²) in [6.45, 7) is 7.96. The number of carbonyl (C=O) groups is 2. The summed E-state index contributed by atoms with van der Waals surface area (Å²) < 4.78 is 1.88. The minimum absolute atomic E-state index is 0.0219. The van der Waals surface area contributed by atoms with Gasteiger partial charge in [-0.15, -0.1) is 0 Å². The van der Waals surface area contributed by atoms with E-state index in [1.54, 1.807) is 0 Å². The molecule has 1 N–H and O–H groups in total. The lowest BCUT2D eigenvalue weighted by Gasteiger charge is -2.24. The van der Waals surface area contributed by atoms with Crippen molar-refractivity contribution in [2.75, 3.05) is 5.43 Å². The molecule has 0 spiro atoms. The Kier molecular flexibility index (Phi) is 4.16. The first kappa shape index (κ1) is 14.6. The van der Waals surface area contributed by atoms with Crippen molar-refractivity contribution in [1.82, 2.24) is 9.58 Å². The van der Waals surface area contributed by atoms with Gasteiger partial charge < -0.3 is 5.43 Å². The molecular weight excluding hydrogens is 254 g/mol. The molecule has 1 unspecified atom stereocenters. The molecule has 2 rings (SSSR count). The Morgan fingerprint density at radius 2 is 1.75 bits per heavy atom. The fraction of sp³-hybridized carbons (Fsp3) is 0.600. The molecule has 1 saturated heterocycles. The van der Waals surface area contributed by atoms with Crippen molar-refractivity contribution < 1.29 is 9.59 Å². The van der Waals surface area contributed by atoms with Crippen LogP contribution in [0.25, 0.3) is 0 Å². The molecule has 110 valence electrons. The van der Waals surface area contributed by atoms with E-state index in [1.807, 2.05) is 44.5 Å². The number of carbonyl (C=O) groups excluding carboxylic acids is 2. The summed E-state index contributed by atoms with van der Waals surface area (Å²) in [6, 6.07) is 3.55. The zero-order valence-corrected chi connectivity index (χ0v) is 12.6. The molecule has 0 radical (unpaired) electrons. The minimum Gasteiger partial charge on any atom is -0.313 e. The SMILES string of the molecule is CCC(CC)N1C(=O)CC(Nn2c(C)ccc2C)C1=O. The maximum atomic E-state index is 12.5. The summed E-state index contributed by atoms with van der Waals surface area (Å²) in [4.78, 5) is 26.0. The number of rotatable bonds is 5. The van der Waals surface area contributed by atoms with E-state index in [-0.39, 0.29) is 24.3 Å². The van der Waals surface area contributed by atoms with E-state index >= 15 is 0 Å². The standard InChI is InChI=1S/C15H23N3O2/c1-5-12(6-2)17-14(19)9-13(15(17)20)16-18-10(3)7-8-11(18)4/h7-8,12-13,16H,5-6,9H2,1-4H3. The van der Waals surface area contributed by atoms with Crippen LogP contribution in [0.4, 0.5) is 0 Å². The van der Waals surface area contributed by atoms with Gasteiger partial charge in [0.05, 0.1) is 6.42 Å². The van der Waals surface area contributed by atoms with Crippen LogP contribution in [0.3, 0.4) is 0 Å². The lowest BCUT2D eigenvalue weighted by Crippen LogP contribution is -2.43. The first-order chi connectivity index (χ1) is 9.49. The van der Waals surface area contributed by atoms with E-state index in [9.17, 15) is 9.59 Å². The maximum Gasteiger partial charge on any atom is 0.254 e. The molecule has 2 amide bonds. The third kappa shape index (κ3) is 2.44. The Morgan fingerprint density at radius 3 is 2.25 bits per heavy atom. The van der Waals surface area contributed by atoms with E-state index < -0.39 is 6.04 Å². The average molecular weight is 277 g/mol. The molecule has 1 fully saturated rings. The van der Waals surface area contributed by atoms with Gasteiger partial charge in [0.15, 0.2) is 0 Å². The summed E-state index contributed by atoms with van der Waals surface area (Å²) >= 11 is 0. The third-order valence-corrected chi connectivity index (χ3v) is 4.05. The van der Waals surface area contributed by atoms with Crippen LogP contribution in [-0.2, 0) is 9.59 Å². The summed E-state index contributed by atoms with van der Waals surface area (Å²) in [5.74, 6) is -0.167. The monoisotopic (exact) mass is 277 g/mol. The van der Waals surface area contributed by atoms with E-state index in [0.29, 0.717) is 0 Å². The van der Waals surface area contributed by atoms with Crippen LogP contribution in [0.15, 0.2) is 12.1 Å². The molecule has 2 heterocycles. The molecule has 5 heteroatoms. The zero-order chi connectivity index (χ0) is 14.9. The van der Waals surface area contributed by atoms with Gasteiger partial charge in [0, 0.05) is 17.4 Å². The van der Waals surface area contributed by atoms with E-state index in [4.69, 9.17) is 0 Å². The van der Waals surface area contributed by atoms with Gasteiger partial charge in [-0.3, -0.25) is 19.2 Å². The van der Waals surface area contributed by atoms with Crippen molar-refractivity contribution in [3.63, 3.8) is 0 Å². The van der Waals surface area contributed by atoms with Gasteiger partial charge in [-0.05, 0) is 38.8 Å². The molecule has 1 aromatic heterocycles. The van der Waals surface area contributed by atoms with Crippen LogP contribution < -0.4 is 5.43 Å². The average Bonchev–Trinajstić information content (AvgIpc) is 2.88. The number of aromatic nitrogens is 1. The van der Waals surface area contributed by atoms with Gasteiger partial charge >= 0.3 is 0 Å². The quantitative estimate of drug-likeness (QED) is 0.837. The summed E-state index contributed by atoms with van der Waals surface area (Å²) in [5, 5.41) is 0. The lowest BCUT2D eigenvalue weighted by molar-refractivity contribution is -0.141. The number of likely N-dealkylation sites (tertiary alicyclic amines) is 1. The van der Waals surface area contributed by atoms with Crippen molar-refractivity contribution >= 4 is 11.8 Å². The molecule has 1 aliphatic rings. The molecule has 1 aliphatic heterocycles. The predicted molar refractivity (Wildman–Crippen MR) is 77.9 cm³/mol. The smallest absolute Gasteiger partial charge is 0.254 e. The maximum absolute atomic E-state index is 12.5. The van der Waals surface area contributed by atoms with Gasteiger partial charge in [0.2, 0.25) is 5.91 Å². The zero-order valence-electron chi connectivity index (χ0n) is 12.6. The van der Waals surface area contributed by atoms with Gasteiger partial charge in [0.1, 0.15) is 6.04 Å². The second-order valence-electron chi connectivity index (χ2n) is 5.41. The highest BCUT2D eigenvalue weighted by Gasteiger charge is 2.41. The van der Waals surface area contributed by atoms with Gasteiger partial charge in [-0.25, -0.2) is 0 Å². The van der Waals surface area contributed by atoms with E-state index in [1.165, 1.54) is 4.90 Å². The van der Waals surface area contributed by atoms with Gasteiger partial charge in [0.25, 0.3) is 5.91 Å². The summed E-state index contributed by atoms with van der Waals surface area (Å²) in [6.07, 6.45) is 1.86. The topological polar surface area (TPSA) is 54.3 Å². The molecule has 1 aromatic rings. The summed E-state index contributed by atoms with van der Waals surface area (Å²) in [7, 11) is 0. The van der Waals surface area contributed by atoms with Crippen molar-refractivity contribution in [3.8, 4) is 0 Å². The first-order valence-electron chi connectivity index (χ1n) is 7.27. The molecule has 20 heavy (non-hydrogen) atoms. The van der Waals surface area contributed by atoms with Crippen molar-refractivity contribution in [1.29, 1.82) is 0 Å². The number of nitrogens with zero attached hydrogens (tertiary/aromatic N) is 2. The molecular formula is C15H23N3O2. The number of imide groups is 1. The number of hydrogen-bond donors (Lipinski definition) is 1. The van der Waals surface area contributed by atoms with Crippen LogP contribution >= 0.6 is 0 Å². The fourth-order valence-corrected chi connectivity index (χ4v) is 2.82. The highest BCUT2D eigenvalue weighted by atomic mass is 16.2. The van der Waals surface area contributed by atoms with E-state index in [0.717, 1.165) is 24.2 Å². The number of amides is 2. The van der Waals surface area contributed by atoms with Crippen LogP contribution in [-0.4, -0.2) is 33.5 Å². The fourth-order valence-electron chi connectivity index (χ4n) is 2.82. The van der Waals surface area contributed by atoms with Gasteiger partial charge in [-0.2, -0.15) is 0 Å². The van der Waals surface area contributed by atoms with Crippen LogP contribution in [0, 0.1) is 13.8 Å². The number of nitrogens with one attached hydrogen (secondary N) is 1. The Balaban J connectivity index is 2.16. The Morgan fingerprint density at radius 1 is 1.20 bits per heavy atom. The van der Waals surface area contributed by atoms with Crippen LogP contribution in [0.5, 0.6) is 0 Å². The van der Waals surface area contributed by atoms with Crippen molar-refractivity contribution in [2.45, 2.75) is 59.0 Å². The van der Waals surface area contributed by atoms with Gasteiger partial charge in [-0.1, -0.05) is 13.8 Å². The lowest BCUT2D eigenvalue weighted by atomic mass is 10.1. The highest BCUT2D eigenvalue weighted by molar-refractivity contribution is 6.06. The normalized spacial score (nSPS) is 19.2.